The Morgan fingerprint density at radius 2 is 1.77 bits per heavy atom. The molecule has 0 fully saturated rings. The summed E-state index contributed by atoms with van der Waals surface area (Å²) in [6.45, 7) is 7.74. The predicted octanol–water partition coefficient (Wildman–Crippen LogP) is 3.44. The van der Waals surface area contributed by atoms with Crippen LogP contribution in [-0.4, -0.2) is 10.7 Å². The third kappa shape index (κ3) is 5.68. The summed E-state index contributed by atoms with van der Waals surface area (Å²) in [5.74, 6) is 0. The average Bonchev–Trinajstić information content (AvgIpc) is 2.05. The molecule has 0 aliphatic heterocycles. The van der Waals surface area contributed by atoms with Crippen molar-refractivity contribution < 1.29 is 5.11 Å². The summed E-state index contributed by atoms with van der Waals surface area (Å²) in [6, 6.07) is 0. The van der Waals surface area contributed by atoms with E-state index in [1.54, 1.807) is 0 Å². The van der Waals surface area contributed by atoms with E-state index in [-0.39, 0.29) is 0 Å². The molecule has 0 amide bonds. The second-order valence-electron chi connectivity index (χ2n) is 3.67. The first-order valence-electron chi connectivity index (χ1n) is 5.25. The third-order valence-corrected chi connectivity index (χ3v) is 2.33. The van der Waals surface area contributed by atoms with Gasteiger partial charge in [-0.3, -0.25) is 0 Å². The van der Waals surface area contributed by atoms with Crippen molar-refractivity contribution in [3.63, 3.8) is 0 Å². The SMILES string of the molecule is C=C=CCCC(O)(CCC)CCC. The average molecular weight is 182 g/mol. The maximum atomic E-state index is 10.2. The van der Waals surface area contributed by atoms with Crippen molar-refractivity contribution >= 4 is 0 Å². The first-order valence-corrected chi connectivity index (χ1v) is 5.25. The van der Waals surface area contributed by atoms with Gasteiger partial charge in [-0.2, -0.15) is 0 Å². The molecule has 0 atom stereocenters. The Balaban J connectivity index is 3.97. The first-order chi connectivity index (χ1) is 6.18. The van der Waals surface area contributed by atoms with E-state index in [9.17, 15) is 5.11 Å². The maximum absolute atomic E-state index is 10.2. The molecule has 0 aromatic carbocycles. The van der Waals surface area contributed by atoms with Gasteiger partial charge >= 0.3 is 0 Å². The molecule has 0 aliphatic carbocycles. The van der Waals surface area contributed by atoms with Crippen molar-refractivity contribution in [1.82, 2.24) is 0 Å². The van der Waals surface area contributed by atoms with Gasteiger partial charge in [-0.25, -0.2) is 0 Å². The minimum Gasteiger partial charge on any atom is -0.390 e. The molecule has 1 heteroatoms. The number of hydrogen-bond donors (Lipinski definition) is 1. The van der Waals surface area contributed by atoms with Crippen LogP contribution >= 0.6 is 0 Å². The van der Waals surface area contributed by atoms with Gasteiger partial charge in [0, 0.05) is 0 Å². The van der Waals surface area contributed by atoms with Crippen LogP contribution in [0, 0.1) is 0 Å². The van der Waals surface area contributed by atoms with Crippen molar-refractivity contribution in [2.45, 2.75) is 58.0 Å². The Morgan fingerprint density at radius 3 is 2.15 bits per heavy atom. The maximum Gasteiger partial charge on any atom is 0.0650 e. The van der Waals surface area contributed by atoms with Crippen LogP contribution in [0.3, 0.4) is 0 Å². The Kier molecular flexibility index (Phi) is 6.66. The second-order valence-corrected chi connectivity index (χ2v) is 3.67. The van der Waals surface area contributed by atoms with Crippen molar-refractivity contribution in [1.29, 1.82) is 0 Å². The number of hydrogen-bond acceptors (Lipinski definition) is 1. The second kappa shape index (κ2) is 6.94. The molecule has 0 aliphatic rings. The lowest BCUT2D eigenvalue weighted by Gasteiger charge is -2.26. The molecule has 0 spiro atoms. The Labute approximate surface area is 82.2 Å². The molecule has 0 heterocycles. The van der Waals surface area contributed by atoms with Crippen LogP contribution in [0.2, 0.25) is 0 Å². The van der Waals surface area contributed by atoms with Gasteiger partial charge in [0.15, 0.2) is 0 Å². The largest absolute Gasteiger partial charge is 0.390 e. The van der Waals surface area contributed by atoms with E-state index in [1.165, 1.54) is 0 Å². The van der Waals surface area contributed by atoms with Gasteiger partial charge in [0.05, 0.1) is 5.60 Å². The fourth-order valence-electron chi connectivity index (χ4n) is 1.75. The summed E-state index contributed by atoms with van der Waals surface area (Å²) in [5, 5.41) is 10.2. The Hall–Kier alpha value is -0.520. The number of rotatable bonds is 7. The molecule has 0 aromatic rings. The number of aliphatic hydroxyl groups is 1. The van der Waals surface area contributed by atoms with Crippen LogP contribution in [0.5, 0.6) is 0 Å². The summed E-state index contributed by atoms with van der Waals surface area (Å²) in [5.41, 5.74) is 2.29. The summed E-state index contributed by atoms with van der Waals surface area (Å²) < 4.78 is 0. The van der Waals surface area contributed by atoms with Gasteiger partial charge < -0.3 is 5.11 Å². The van der Waals surface area contributed by atoms with Gasteiger partial charge in [0.25, 0.3) is 0 Å². The molecular weight excluding hydrogens is 160 g/mol. The van der Waals surface area contributed by atoms with Gasteiger partial charge in [-0.15, -0.1) is 5.73 Å². The van der Waals surface area contributed by atoms with Crippen LogP contribution in [0.15, 0.2) is 18.4 Å². The minimum atomic E-state index is -0.448. The Bertz CT molecular complexity index is 160. The highest BCUT2D eigenvalue weighted by Crippen LogP contribution is 2.24. The molecule has 13 heavy (non-hydrogen) atoms. The summed E-state index contributed by atoms with van der Waals surface area (Å²) in [6.07, 6.45) is 7.55. The van der Waals surface area contributed by atoms with E-state index in [1.807, 2.05) is 6.08 Å². The molecule has 0 aromatic heterocycles. The normalized spacial score (nSPS) is 11.0. The highest BCUT2D eigenvalue weighted by molar-refractivity contribution is 4.83. The number of allylic oxidation sites excluding steroid dienone is 1. The zero-order valence-electron chi connectivity index (χ0n) is 8.97. The van der Waals surface area contributed by atoms with Crippen LogP contribution in [0.25, 0.3) is 0 Å². The van der Waals surface area contributed by atoms with E-state index >= 15 is 0 Å². The quantitative estimate of drug-likeness (QED) is 0.598. The predicted molar refractivity (Wildman–Crippen MR) is 57.7 cm³/mol. The van der Waals surface area contributed by atoms with Crippen molar-refractivity contribution in [2.24, 2.45) is 0 Å². The first kappa shape index (κ1) is 12.5. The van der Waals surface area contributed by atoms with Crippen LogP contribution in [0.4, 0.5) is 0 Å². The Morgan fingerprint density at radius 1 is 1.23 bits per heavy atom. The fraction of sp³-hybridized carbons (Fsp3) is 0.750. The highest BCUT2D eigenvalue weighted by Gasteiger charge is 2.23. The summed E-state index contributed by atoms with van der Waals surface area (Å²) >= 11 is 0. The molecule has 1 N–H and O–H groups in total. The molecule has 0 rings (SSSR count). The molecule has 0 saturated heterocycles. The van der Waals surface area contributed by atoms with E-state index in [0.29, 0.717) is 0 Å². The molecular formula is C12H22O. The third-order valence-electron chi connectivity index (χ3n) is 2.33. The topological polar surface area (TPSA) is 20.2 Å². The fourth-order valence-corrected chi connectivity index (χ4v) is 1.75. The van der Waals surface area contributed by atoms with Crippen molar-refractivity contribution in [2.75, 3.05) is 0 Å². The molecule has 0 radical (unpaired) electrons. The lowest BCUT2D eigenvalue weighted by Crippen LogP contribution is -2.27. The zero-order chi connectivity index (χ0) is 10.2. The van der Waals surface area contributed by atoms with Crippen LogP contribution in [-0.2, 0) is 0 Å². The van der Waals surface area contributed by atoms with Crippen molar-refractivity contribution in [3.8, 4) is 0 Å². The van der Waals surface area contributed by atoms with Gasteiger partial charge in [-0.1, -0.05) is 33.3 Å². The molecule has 1 nitrogen and oxygen atoms in total. The minimum absolute atomic E-state index is 0.448. The van der Waals surface area contributed by atoms with Crippen LogP contribution < -0.4 is 0 Å². The van der Waals surface area contributed by atoms with Crippen LogP contribution in [0.1, 0.15) is 52.4 Å². The van der Waals surface area contributed by atoms with Gasteiger partial charge in [-0.05, 0) is 31.8 Å². The van der Waals surface area contributed by atoms with Gasteiger partial charge in [0.1, 0.15) is 0 Å². The van der Waals surface area contributed by atoms with E-state index in [0.717, 1.165) is 38.5 Å². The van der Waals surface area contributed by atoms with E-state index in [2.05, 4.69) is 26.2 Å². The van der Waals surface area contributed by atoms with Crippen molar-refractivity contribution in [3.05, 3.63) is 18.4 Å². The van der Waals surface area contributed by atoms with Gasteiger partial charge in [0.2, 0.25) is 0 Å². The summed E-state index contributed by atoms with van der Waals surface area (Å²) in [7, 11) is 0. The zero-order valence-corrected chi connectivity index (χ0v) is 8.97. The summed E-state index contributed by atoms with van der Waals surface area (Å²) in [4.78, 5) is 0. The lowest BCUT2D eigenvalue weighted by atomic mass is 9.88. The highest BCUT2D eigenvalue weighted by atomic mass is 16.3. The molecule has 76 valence electrons. The smallest absolute Gasteiger partial charge is 0.0650 e. The molecule has 0 unspecified atom stereocenters. The molecule has 0 saturated carbocycles. The standard InChI is InChI=1S/C12H22O/c1-4-7-8-11-12(13,9-5-2)10-6-3/h7,13H,1,5-6,8-11H2,2-3H3. The monoisotopic (exact) mass is 182 g/mol. The lowest BCUT2D eigenvalue weighted by molar-refractivity contribution is 0.0138. The van der Waals surface area contributed by atoms with E-state index < -0.39 is 5.60 Å². The molecule has 0 bridgehead atoms. The van der Waals surface area contributed by atoms with E-state index in [4.69, 9.17) is 0 Å².